The molecule has 2 atom stereocenters. The first-order chi connectivity index (χ1) is 9.41. The lowest BCUT2D eigenvalue weighted by Gasteiger charge is -2.17. The van der Waals surface area contributed by atoms with Crippen LogP contribution in [0.15, 0.2) is 18.2 Å². The third kappa shape index (κ3) is 3.23. The Labute approximate surface area is 115 Å². The van der Waals surface area contributed by atoms with Gasteiger partial charge >= 0.3 is 6.18 Å². The number of halogens is 3. The topological polar surface area (TPSA) is 45.0 Å². The number of hydrogen-bond donors (Lipinski definition) is 1. The highest BCUT2D eigenvalue weighted by atomic mass is 19.4. The summed E-state index contributed by atoms with van der Waals surface area (Å²) in [5.41, 5.74) is -0.892. The molecule has 1 saturated heterocycles. The zero-order valence-electron chi connectivity index (χ0n) is 11.0. The van der Waals surface area contributed by atoms with Crippen molar-refractivity contribution in [1.82, 2.24) is 0 Å². The minimum absolute atomic E-state index is 0.114. The molecule has 0 radical (unpaired) electrons. The van der Waals surface area contributed by atoms with Gasteiger partial charge in [-0.1, -0.05) is 0 Å². The lowest BCUT2D eigenvalue weighted by atomic mass is 10.0. The molecule has 0 bridgehead atoms. The smallest absolute Gasteiger partial charge is 0.385 e. The Morgan fingerprint density at radius 3 is 2.75 bits per heavy atom. The summed E-state index contributed by atoms with van der Waals surface area (Å²) in [5.74, 6) is 0.292. The largest absolute Gasteiger partial charge is 0.417 e. The molecule has 3 nitrogen and oxygen atoms in total. The Kier molecular flexibility index (Phi) is 4.19. The van der Waals surface area contributed by atoms with Gasteiger partial charge in [-0.05, 0) is 31.5 Å². The van der Waals surface area contributed by atoms with Crippen molar-refractivity contribution in [3.05, 3.63) is 29.3 Å². The van der Waals surface area contributed by atoms with E-state index in [0.29, 0.717) is 24.8 Å². The van der Waals surface area contributed by atoms with Gasteiger partial charge in [0.25, 0.3) is 0 Å². The number of hydrogen-bond acceptors (Lipinski definition) is 3. The van der Waals surface area contributed by atoms with Gasteiger partial charge in [-0.3, -0.25) is 0 Å². The quantitative estimate of drug-likeness (QED) is 0.925. The molecule has 1 aliphatic heterocycles. The van der Waals surface area contributed by atoms with Crippen LogP contribution in [0.3, 0.4) is 0 Å². The van der Waals surface area contributed by atoms with E-state index < -0.39 is 11.7 Å². The van der Waals surface area contributed by atoms with Crippen LogP contribution in [0.5, 0.6) is 0 Å². The van der Waals surface area contributed by atoms with Crippen LogP contribution >= 0.6 is 0 Å². The fraction of sp³-hybridized carbons (Fsp3) is 0.500. The monoisotopic (exact) mass is 284 g/mol. The van der Waals surface area contributed by atoms with E-state index in [1.807, 2.05) is 6.92 Å². The molecule has 1 heterocycles. The minimum atomic E-state index is -4.52. The molecule has 1 aliphatic rings. The standard InChI is InChI=1S/C14H15F3N2O/c1-9-11(4-5-20-9)8-19-12-3-2-10(7-18)13(6-12)14(15,16)17/h2-3,6,9,11,19H,4-5,8H2,1H3. The van der Waals surface area contributed by atoms with Crippen molar-refractivity contribution in [3.8, 4) is 6.07 Å². The Hall–Kier alpha value is -1.74. The van der Waals surface area contributed by atoms with Crippen LogP contribution in [0.4, 0.5) is 18.9 Å². The Balaban J connectivity index is 2.11. The highest BCUT2D eigenvalue weighted by molar-refractivity contribution is 5.53. The molecule has 2 rings (SSSR count). The predicted octanol–water partition coefficient (Wildman–Crippen LogP) is 3.41. The van der Waals surface area contributed by atoms with Crippen LogP contribution in [0, 0.1) is 17.2 Å². The van der Waals surface area contributed by atoms with Gasteiger partial charge in [0.2, 0.25) is 0 Å². The van der Waals surface area contributed by atoms with E-state index in [4.69, 9.17) is 10.00 Å². The van der Waals surface area contributed by atoms with Gasteiger partial charge in [0.1, 0.15) is 0 Å². The first-order valence-corrected chi connectivity index (χ1v) is 6.38. The maximum absolute atomic E-state index is 12.8. The molecular formula is C14H15F3N2O. The Morgan fingerprint density at radius 1 is 1.45 bits per heavy atom. The first-order valence-electron chi connectivity index (χ1n) is 6.38. The first kappa shape index (κ1) is 14.7. The summed E-state index contributed by atoms with van der Waals surface area (Å²) >= 11 is 0. The normalized spacial score (nSPS) is 22.6. The van der Waals surface area contributed by atoms with Crippen molar-refractivity contribution in [1.29, 1.82) is 5.26 Å². The molecule has 20 heavy (non-hydrogen) atoms. The van der Waals surface area contributed by atoms with E-state index in [9.17, 15) is 13.2 Å². The van der Waals surface area contributed by atoms with Crippen molar-refractivity contribution < 1.29 is 17.9 Å². The van der Waals surface area contributed by atoms with Gasteiger partial charge in [-0.25, -0.2) is 0 Å². The summed E-state index contributed by atoms with van der Waals surface area (Å²) in [7, 11) is 0. The molecule has 2 unspecified atom stereocenters. The van der Waals surface area contributed by atoms with Crippen molar-refractivity contribution in [3.63, 3.8) is 0 Å². The van der Waals surface area contributed by atoms with Crippen LogP contribution in [0.25, 0.3) is 0 Å². The molecule has 0 aromatic heterocycles. The average Bonchev–Trinajstić information content (AvgIpc) is 2.80. The molecule has 0 amide bonds. The highest BCUT2D eigenvalue weighted by Crippen LogP contribution is 2.33. The van der Waals surface area contributed by atoms with E-state index >= 15 is 0 Å². The molecule has 0 saturated carbocycles. The lowest BCUT2D eigenvalue weighted by Crippen LogP contribution is -2.21. The van der Waals surface area contributed by atoms with Gasteiger partial charge in [0.05, 0.1) is 23.3 Å². The summed E-state index contributed by atoms with van der Waals surface area (Å²) < 4.78 is 43.9. The summed E-state index contributed by atoms with van der Waals surface area (Å²) in [6.07, 6.45) is -3.51. The molecule has 0 aliphatic carbocycles. The Morgan fingerprint density at radius 2 is 2.20 bits per heavy atom. The number of alkyl halides is 3. The predicted molar refractivity (Wildman–Crippen MR) is 68.2 cm³/mol. The fourth-order valence-electron chi connectivity index (χ4n) is 2.28. The number of ether oxygens (including phenoxy) is 1. The van der Waals surface area contributed by atoms with E-state index in [1.165, 1.54) is 12.1 Å². The number of anilines is 1. The SMILES string of the molecule is CC1OCCC1CNc1ccc(C#N)c(C(F)(F)F)c1. The number of nitrogens with one attached hydrogen (secondary N) is 1. The molecule has 0 spiro atoms. The van der Waals surface area contributed by atoms with Crippen LogP contribution in [-0.2, 0) is 10.9 Å². The van der Waals surface area contributed by atoms with Crippen molar-refractivity contribution in [2.24, 2.45) is 5.92 Å². The van der Waals surface area contributed by atoms with E-state index in [1.54, 1.807) is 6.07 Å². The van der Waals surface area contributed by atoms with E-state index in [2.05, 4.69) is 5.32 Å². The van der Waals surface area contributed by atoms with Crippen molar-refractivity contribution in [2.45, 2.75) is 25.6 Å². The van der Waals surface area contributed by atoms with Crippen molar-refractivity contribution >= 4 is 5.69 Å². The average molecular weight is 284 g/mol. The van der Waals surface area contributed by atoms with Gasteiger partial charge < -0.3 is 10.1 Å². The third-order valence-corrected chi connectivity index (χ3v) is 3.55. The maximum atomic E-state index is 12.8. The summed E-state index contributed by atoms with van der Waals surface area (Å²) in [4.78, 5) is 0. The molecule has 6 heteroatoms. The molecule has 1 aromatic carbocycles. The number of rotatable bonds is 3. The van der Waals surface area contributed by atoms with Crippen LogP contribution in [0.1, 0.15) is 24.5 Å². The second-order valence-corrected chi connectivity index (χ2v) is 4.88. The molecule has 1 aromatic rings. The van der Waals surface area contributed by atoms with Gasteiger partial charge in [0.15, 0.2) is 0 Å². The lowest BCUT2D eigenvalue weighted by molar-refractivity contribution is -0.137. The second-order valence-electron chi connectivity index (χ2n) is 4.88. The van der Waals surface area contributed by atoms with Crippen LogP contribution in [-0.4, -0.2) is 19.3 Å². The summed E-state index contributed by atoms with van der Waals surface area (Å²) in [5, 5.41) is 11.7. The fourth-order valence-corrected chi connectivity index (χ4v) is 2.28. The molecule has 1 fully saturated rings. The number of nitrogens with zero attached hydrogens (tertiary/aromatic N) is 1. The van der Waals surface area contributed by atoms with Gasteiger partial charge in [0, 0.05) is 24.8 Å². The number of benzene rings is 1. The maximum Gasteiger partial charge on any atom is 0.417 e. The molecule has 108 valence electrons. The van der Waals surface area contributed by atoms with Gasteiger partial charge in [-0.2, -0.15) is 18.4 Å². The van der Waals surface area contributed by atoms with Gasteiger partial charge in [-0.15, -0.1) is 0 Å². The summed E-state index contributed by atoms with van der Waals surface area (Å²) in [6, 6.07) is 5.24. The van der Waals surface area contributed by atoms with E-state index in [-0.39, 0.29) is 11.7 Å². The number of nitriles is 1. The molecule has 1 N–H and O–H groups in total. The third-order valence-electron chi connectivity index (χ3n) is 3.55. The zero-order chi connectivity index (χ0) is 14.8. The van der Waals surface area contributed by atoms with Crippen LogP contribution < -0.4 is 5.32 Å². The molecular weight excluding hydrogens is 269 g/mol. The van der Waals surface area contributed by atoms with E-state index in [0.717, 1.165) is 12.5 Å². The zero-order valence-corrected chi connectivity index (χ0v) is 11.0. The summed E-state index contributed by atoms with van der Waals surface area (Å²) in [6.45, 7) is 3.21. The second kappa shape index (κ2) is 5.71. The van der Waals surface area contributed by atoms with Crippen LogP contribution in [0.2, 0.25) is 0 Å². The highest BCUT2D eigenvalue weighted by Gasteiger charge is 2.34. The minimum Gasteiger partial charge on any atom is -0.385 e. The Bertz CT molecular complexity index is 522. The van der Waals surface area contributed by atoms with Crippen molar-refractivity contribution in [2.75, 3.05) is 18.5 Å².